The Labute approximate surface area is 117 Å². The highest BCUT2D eigenvalue weighted by molar-refractivity contribution is 6.34. The molecular weight excluding hydrogens is 275 g/mol. The second-order valence-electron chi connectivity index (χ2n) is 5.26. The maximum atomic E-state index is 6.61. The number of rotatable bonds is 2. The zero-order valence-corrected chi connectivity index (χ0v) is 11.8. The molecule has 1 aromatic carbocycles. The zero-order chi connectivity index (χ0) is 12.0. The van der Waals surface area contributed by atoms with Crippen molar-refractivity contribution in [3.8, 4) is 0 Å². The largest absolute Gasteiger partial charge is 0.117 e. The minimum Gasteiger partial charge on any atom is -0.117 e. The summed E-state index contributed by atoms with van der Waals surface area (Å²) < 4.78 is 0. The van der Waals surface area contributed by atoms with Gasteiger partial charge in [-0.15, -0.1) is 11.6 Å². The van der Waals surface area contributed by atoms with Crippen LogP contribution >= 0.6 is 34.8 Å². The zero-order valence-electron chi connectivity index (χ0n) is 9.50. The number of halogens is 3. The molecule has 0 spiro atoms. The van der Waals surface area contributed by atoms with Crippen molar-refractivity contribution >= 4 is 34.8 Å². The second-order valence-corrected chi connectivity index (χ2v) is 6.57. The smallest absolute Gasteiger partial charge is 0.0634 e. The van der Waals surface area contributed by atoms with E-state index in [4.69, 9.17) is 34.8 Å². The van der Waals surface area contributed by atoms with Gasteiger partial charge in [0.2, 0.25) is 0 Å². The number of fused-ring (bicyclic) bond motifs is 1. The minimum absolute atomic E-state index is 0.0364. The normalized spacial score (nSPS) is 33.0. The Morgan fingerprint density at radius 1 is 1.06 bits per heavy atom. The third kappa shape index (κ3) is 2.20. The van der Waals surface area contributed by atoms with E-state index in [1.165, 1.54) is 25.7 Å². The van der Waals surface area contributed by atoms with Gasteiger partial charge in [0, 0.05) is 10.0 Å². The van der Waals surface area contributed by atoms with Crippen LogP contribution < -0.4 is 0 Å². The van der Waals surface area contributed by atoms with E-state index >= 15 is 0 Å². The van der Waals surface area contributed by atoms with Gasteiger partial charge in [0.1, 0.15) is 0 Å². The maximum Gasteiger partial charge on any atom is 0.0634 e. The third-order valence-electron chi connectivity index (χ3n) is 4.32. The molecule has 2 aliphatic rings. The summed E-state index contributed by atoms with van der Waals surface area (Å²) >= 11 is 18.9. The van der Waals surface area contributed by atoms with E-state index in [2.05, 4.69) is 0 Å². The Kier molecular flexibility index (Phi) is 3.32. The first-order valence-corrected chi connectivity index (χ1v) is 7.47. The molecule has 17 heavy (non-hydrogen) atoms. The van der Waals surface area contributed by atoms with Gasteiger partial charge in [-0.2, -0.15) is 0 Å². The summed E-state index contributed by atoms with van der Waals surface area (Å²) in [5, 5.41) is 1.51. The highest BCUT2D eigenvalue weighted by atomic mass is 35.5. The summed E-state index contributed by atoms with van der Waals surface area (Å²) in [6, 6.07) is 5.59. The highest BCUT2D eigenvalue weighted by Gasteiger charge is 2.54. The van der Waals surface area contributed by atoms with E-state index < -0.39 is 0 Å². The SMILES string of the molecule is Clc1ccc(Cl)c(C(Cl)C2C3CCCCC32)c1. The molecule has 0 aliphatic heterocycles. The number of benzene rings is 1. The van der Waals surface area contributed by atoms with Gasteiger partial charge in [0.15, 0.2) is 0 Å². The van der Waals surface area contributed by atoms with Crippen LogP contribution in [0.2, 0.25) is 10.0 Å². The lowest BCUT2D eigenvalue weighted by atomic mass is 10.0. The van der Waals surface area contributed by atoms with Gasteiger partial charge in [0.25, 0.3) is 0 Å². The van der Waals surface area contributed by atoms with Gasteiger partial charge >= 0.3 is 0 Å². The van der Waals surface area contributed by atoms with Gasteiger partial charge in [0.05, 0.1) is 5.38 Å². The molecule has 2 fully saturated rings. The molecule has 0 nitrogen and oxygen atoms in total. The Balaban J connectivity index is 1.82. The predicted octanol–water partition coefficient (Wildman–Crippen LogP) is 5.71. The summed E-state index contributed by atoms with van der Waals surface area (Å²) in [4.78, 5) is 0. The van der Waals surface area contributed by atoms with Crippen molar-refractivity contribution in [2.24, 2.45) is 17.8 Å². The van der Waals surface area contributed by atoms with E-state index in [1.54, 1.807) is 0 Å². The summed E-state index contributed by atoms with van der Waals surface area (Å²) in [5.74, 6) is 2.29. The fourth-order valence-electron chi connectivity index (χ4n) is 3.42. The van der Waals surface area contributed by atoms with Crippen molar-refractivity contribution in [3.63, 3.8) is 0 Å². The first kappa shape index (κ1) is 12.1. The summed E-state index contributed by atoms with van der Waals surface area (Å²) in [7, 11) is 0. The molecule has 3 atom stereocenters. The van der Waals surface area contributed by atoms with Gasteiger partial charge < -0.3 is 0 Å². The first-order valence-electron chi connectivity index (χ1n) is 6.27. The lowest BCUT2D eigenvalue weighted by molar-refractivity contribution is 0.480. The molecule has 2 aliphatic carbocycles. The molecule has 2 saturated carbocycles. The van der Waals surface area contributed by atoms with Crippen molar-refractivity contribution in [2.75, 3.05) is 0 Å². The van der Waals surface area contributed by atoms with Gasteiger partial charge in [-0.25, -0.2) is 0 Å². The van der Waals surface area contributed by atoms with Crippen LogP contribution in [-0.4, -0.2) is 0 Å². The van der Waals surface area contributed by atoms with E-state index in [9.17, 15) is 0 Å². The standard InChI is InChI=1S/C14H15Cl3/c15-8-5-6-12(16)11(7-8)14(17)13-9-3-1-2-4-10(9)13/h5-7,9-10,13-14H,1-4H2. The van der Waals surface area contributed by atoms with Gasteiger partial charge in [-0.1, -0.05) is 36.0 Å². The lowest BCUT2D eigenvalue weighted by Crippen LogP contribution is -1.97. The van der Waals surface area contributed by atoms with Crippen molar-refractivity contribution in [1.82, 2.24) is 0 Å². The molecule has 1 aromatic rings. The number of hydrogen-bond donors (Lipinski definition) is 0. The van der Waals surface area contributed by atoms with E-state index in [0.717, 1.165) is 27.4 Å². The molecule has 0 N–H and O–H groups in total. The molecule has 3 rings (SSSR count). The molecule has 3 heteroatoms. The van der Waals surface area contributed by atoms with Gasteiger partial charge in [-0.05, 0) is 54.4 Å². The summed E-state index contributed by atoms with van der Waals surface area (Å²) in [6.45, 7) is 0. The van der Waals surface area contributed by atoms with E-state index in [1.807, 2.05) is 18.2 Å². The predicted molar refractivity (Wildman–Crippen MR) is 74.0 cm³/mol. The molecule has 92 valence electrons. The number of hydrogen-bond acceptors (Lipinski definition) is 0. The average molecular weight is 290 g/mol. The minimum atomic E-state index is 0.0364. The maximum absolute atomic E-state index is 6.61. The Bertz CT molecular complexity index is 417. The summed E-state index contributed by atoms with van der Waals surface area (Å²) in [6.07, 6.45) is 5.42. The molecule has 0 radical (unpaired) electrons. The van der Waals surface area contributed by atoms with Gasteiger partial charge in [-0.3, -0.25) is 0 Å². The molecule has 0 aromatic heterocycles. The quantitative estimate of drug-likeness (QED) is 0.612. The van der Waals surface area contributed by atoms with Crippen LogP contribution in [0, 0.1) is 17.8 Å². The van der Waals surface area contributed by atoms with Crippen LogP contribution in [0.25, 0.3) is 0 Å². The fourth-order valence-corrected chi connectivity index (χ4v) is 4.44. The van der Waals surface area contributed by atoms with Crippen LogP contribution in [0.5, 0.6) is 0 Å². The molecular formula is C14H15Cl3. The number of alkyl halides is 1. The average Bonchev–Trinajstić information content (AvgIpc) is 3.05. The van der Waals surface area contributed by atoms with Crippen LogP contribution in [0.4, 0.5) is 0 Å². The molecule has 0 amide bonds. The van der Waals surface area contributed by atoms with Crippen LogP contribution in [0.15, 0.2) is 18.2 Å². The highest BCUT2D eigenvalue weighted by Crippen LogP contribution is 2.62. The molecule has 0 heterocycles. The van der Waals surface area contributed by atoms with Crippen LogP contribution in [0.1, 0.15) is 36.6 Å². The Hall–Kier alpha value is 0.0900. The van der Waals surface area contributed by atoms with Crippen LogP contribution in [-0.2, 0) is 0 Å². The summed E-state index contributed by atoms with van der Waals surface area (Å²) in [5.41, 5.74) is 1.01. The van der Waals surface area contributed by atoms with Crippen molar-refractivity contribution in [2.45, 2.75) is 31.1 Å². The molecule has 0 saturated heterocycles. The third-order valence-corrected chi connectivity index (χ3v) is 5.42. The lowest BCUT2D eigenvalue weighted by Gasteiger charge is -2.12. The van der Waals surface area contributed by atoms with Crippen LogP contribution in [0.3, 0.4) is 0 Å². The Morgan fingerprint density at radius 3 is 2.35 bits per heavy atom. The van der Waals surface area contributed by atoms with E-state index in [-0.39, 0.29) is 5.38 Å². The monoisotopic (exact) mass is 288 g/mol. The van der Waals surface area contributed by atoms with E-state index in [0.29, 0.717) is 5.92 Å². The van der Waals surface area contributed by atoms with Crippen molar-refractivity contribution in [3.05, 3.63) is 33.8 Å². The topological polar surface area (TPSA) is 0 Å². The second kappa shape index (κ2) is 4.64. The van der Waals surface area contributed by atoms with Crippen molar-refractivity contribution < 1.29 is 0 Å². The molecule has 3 unspecified atom stereocenters. The first-order chi connectivity index (χ1) is 8.18. The van der Waals surface area contributed by atoms with Crippen molar-refractivity contribution in [1.29, 1.82) is 0 Å². The molecule has 0 bridgehead atoms. The fraction of sp³-hybridized carbons (Fsp3) is 0.571. The Morgan fingerprint density at radius 2 is 1.71 bits per heavy atom.